The lowest BCUT2D eigenvalue weighted by atomic mass is 10.5. The lowest BCUT2D eigenvalue weighted by Gasteiger charge is -2.03. The van der Waals surface area contributed by atoms with Gasteiger partial charge in [-0.2, -0.15) is 0 Å². The fourth-order valence-electron chi connectivity index (χ4n) is 0.868. The average Bonchev–Trinajstić information content (AvgIpc) is 2.11. The fraction of sp³-hybridized carbons (Fsp3) is 0.143. The van der Waals surface area contributed by atoms with Crippen LogP contribution in [0.5, 0.6) is 0 Å². The monoisotopic (exact) mass is 274 g/mol. The number of carbonyl (C=O) groups is 2. The first-order valence-corrected chi connectivity index (χ1v) is 4.59. The highest BCUT2D eigenvalue weighted by Gasteiger charge is 2.07. The third-order valence-electron chi connectivity index (χ3n) is 1.44. The highest BCUT2D eigenvalue weighted by Crippen LogP contribution is 1.97. The maximum absolute atomic E-state index is 11.4. The van der Waals surface area contributed by atoms with E-state index in [1.165, 1.54) is 12.5 Å². The Balaban J connectivity index is 2.82. The minimum atomic E-state index is -0.962. The van der Waals surface area contributed by atoms with Crippen LogP contribution < -0.4 is 16.6 Å². The number of carbonyl (C=O) groups excluding carboxylic acids is 2. The molecule has 8 heteroatoms. The van der Waals surface area contributed by atoms with Crippen molar-refractivity contribution in [3.8, 4) is 0 Å². The standard InChI is InChI=1S/C7H7BrN4O3/c8-4-1-10-3-12(6(4)14)2-5(13)11-7(9)15/h1,3H,2H2,(H3,9,11,13,15). The highest BCUT2D eigenvalue weighted by atomic mass is 79.9. The Labute approximate surface area is 92.4 Å². The lowest BCUT2D eigenvalue weighted by Crippen LogP contribution is -2.39. The first kappa shape index (κ1) is 11.4. The number of hydrogen-bond acceptors (Lipinski definition) is 4. The molecule has 0 spiro atoms. The number of rotatable bonds is 2. The Morgan fingerprint density at radius 1 is 1.60 bits per heavy atom. The quantitative estimate of drug-likeness (QED) is 0.736. The van der Waals surface area contributed by atoms with Gasteiger partial charge in [0.2, 0.25) is 5.91 Å². The minimum Gasteiger partial charge on any atom is -0.351 e. The van der Waals surface area contributed by atoms with E-state index in [9.17, 15) is 14.4 Å². The molecular formula is C7H7BrN4O3. The average molecular weight is 275 g/mol. The maximum atomic E-state index is 11.4. The third-order valence-corrected chi connectivity index (χ3v) is 1.98. The van der Waals surface area contributed by atoms with Gasteiger partial charge in [-0.15, -0.1) is 0 Å². The van der Waals surface area contributed by atoms with Gasteiger partial charge in [-0.1, -0.05) is 0 Å². The van der Waals surface area contributed by atoms with Crippen LogP contribution in [0.4, 0.5) is 4.79 Å². The number of amides is 3. The summed E-state index contributed by atoms with van der Waals surface area (Å²) in [6.45, 7) is -0.311. The molecule has 1 rings (SSSR count). The Morgan fingerprint density at radius 3 is 2.87 bits per heavy atom. The molecule has 3 amide bonds. The van der Waals surface area contributed by atoms with E-state index in [-0.39, 0.29) is 11.0 Å². The largest absolute Gasteiger partial charge is 0.351 e. The van der Waals surface area contributed by atoms with Crippen LogP contribution in [0, 0.1) is 0 Å². The summed E-state index contributed by atoms with van der Waals surface area (Å²) in [6.07, 6.45) is 2.50. The second-order valence-electron chi connectivity index (χ2n) is 2.59. The van der Waals surface area contributed by atoms with Crippen molar-refractivity contribution in [3.05, 3.63) is 27.4 Å². The van der Waals surface area contributed by atoms with Crippen LogP contribution in [-0.2, 0) is 11.3 Å². The van der Waals surface area contributed by atoms with Crippen LogP contribution >= 0.6 is 15.9 Å². The first-order valence-electron chi connectivity index (χ1n) is 3.80. The summed E-state index contributed by atoms with van der Waals surface area (Å²) in [5.74, 6) is -0.676. The summed E-state index contributed by atoms with van der Waals surface area (Å²) in [5, 5.41) is 1.84. The summed E-state index contributed by atoms with van der Waals surface area (Å²) in [5.41, 5.74) is 4.32. The molecule has 1 aromatic heterocycles. The maximum Gasteiger partial charge on any atom is 0.318 e. The van der Waals surface area contributed by atoms with Crippen molar-refractivity contribution < 1.29 is 9.59 Å². The minimum absolute atomic E-state index is 0.233. The molecule has 0 radical (unpaired) electrons. The molecule has 0 atom stereocenters. The molecule has 0 saturated carbocycles. The molecule has 80 valence electrons. The number of nitrogens with one attached hydrogen (secondary N) is 1. The van der Waals surface area contributed by atoms with Gasteiger partial charge < -0.3 is 5.73 Å². The number of nitrogens with two attached hydrogens (primary N) is 1. The molecular weight excluding hydrogens is 268 g/mol. The lowest BCUT2D eigenvalue weighted by molar-refractivity contribution is -0.120. The van der Waals surface area contributed by atoms with Gasteiger partial charge in [0.1, 0.15) is 11.0 Å². The Kier molecular flexibility index (Phi) is 3.56. The second-order valence-corrected chi connectivity index (χ2v) is 3.44. The zero-order valence-corrected chi connectivity index (χ0v) is 9.02. The third kappa shape index (κ3) is 3.17. The van der Waals surface area contributed by atoms with Gasteiger partial charge in [-0.3, -0.25) is 19.5 Å². The van der Waals surface area contributed by atoms with Crippen LogP contribution in [0.3, 0.4) is 0 Å². The van der Waals surface area contributed by atoms with E-state index < -0.39 is 17.5 Å². The van der Waals surface area contributed by atoms with E-state index in [1.54, 1.807) is 0 Å². The number of primary amides is 1. The summed E-state index contributed by atoms with van der Waals surface area (Å²) >= 11 is 2.97. The normalized spacial score (nSPS) is 9.67. The molecule has 7 nitrogen and oxygen atoms in total. The smallest absolute Gasteiger partial charge is 0.318 e. The van der Waals surface area contributed by atoms with Crippen molar-refractivity contribution in [2.24, 2.45) is 5.73 Å². The number of urea groups is 1. The molecule has 1 aromatic rings. The highest BCUT2D eigenvalue weighted by molar-refractivity contribution is 9.10. The molecule has 0 aromatic carbocycles. The van der Waals surface area contributed by atoms with Crippen molar-refractivity contribution in [2.45, 2.75) is 6.54 Å². The van der Waals surface area contributed by atoms with E-state index in [4.69, 9.17) is 5.73 Å². The molecule has 3 N–H and O–H groups in total. The number of hydrogen-bond donors (Lipinski definition) is 2. The summed E-state index contributed by atoms with van der Waals surface area (Å²) in [6, 6.07) is -0.962. The molecule has 0 saturated heterocycles. The van der Waals surface area contributed by atoms with E-state index >= 15 is 0 Å². The van der Waals surface area contributed by atoms with Gasteiger partial charge in [0.15, 0.2) is 0 Å². The predicted octanol–water partition coefficient (Wildman–Crippen LogP) is -0.799. The van der Waals surface area contributed by atoms with E-state index in [0.717, 1.165) is 4.57 Å². The zero-order chi connectivity index (χ0) is 11.4. The van der Waals surface area contributed by atoms with E-state index in [0.29, 0.717) is 0 Å². The van der Waals surface area contributed by atoms with Gasteiger partial charge in [-0.05, 0) is 15.9 Å². The SMILES string of the molecule is NC(=O)NC(=O)Cn1cncc(Br)c1=O. The molecule has 15 heavy (non-hydrogen) atoms. The van der Waals surface area contributed by atoms with Crippen molar-refractivity contribution >= 4 is 27.9 Å². The van der Waals surface area contributed by atoms with Crippen LogP contribution in [0.1, 0.15) is 0 Å². The van der Waals surface area contributed by atoms with Gasteiger partial charge in [-0.25, -0.2) is 9.78 Å². The van der Waals surface area contributed by atoms with Crippen LogP contribution in [-0.4, -0.2) is 21.5 Å². The predicted molar refractivity (Wildman–Crippen MR) is 53.9 cm³/mol. The molecule has 0 bridgehead atoms. The van der Waals surface area contributed by atoms with E-state index in [1.807, 2.05) is 5.32 Å². The number of aromatic nitrogens is 2. The number of nitrogens with zero attached hydrogens (tertiary/aromatic N) is 2. The molecule has 0 unspecified atom stereocenters. The number of halogens is 1. The van der Waals surface area contributed by atoms with Crippen LogP contribution in [0.2, 0.25) is 0 Å². The molecule has 0 aliphatic carbocycles. The van der Waals surface area contributed by atoms with Gasteiger partial charge in [0, 0.05) is 6.20 Å². The first-order chi connectivity index (χ1) is 7.00. The van der Waals surface area contributed by atoms with Crippen LogP contribution in [0.25, 0.3) is 0 Å². The summed E-state index contributed by atoms with van der Waals surface area (Å²) in [7, 11) is 0. The summed E-state index contributed by atoms with van der Waals surface area (Å²) in [4.78, 5) is 36.5. The van der Waals surface area contributed by atoms with Crippen molar-refractivity contribution in [1.82, 2.24) is 14.9 Å². The molecule has 0 fully saturated rings. The number of imide groups is 1. The Morgan fingerprint density at radius 2 is 2.27 bits per heavy atom. The van der Waals surface area contributed by atoms with E-state index in [2.05, 4.69) is 20.9 Å². The topological polar surface area (TPSA) is 107 Å². The molecule has 1 heterocycles. The van der Waals surface area contributed by atoms with Gasteiger partial charge in [0.25, 0.3) is 5.56 Å². The molecule has 0 aliphatic rings. The molecule has 0 aliphatic heterocycles. The van der Waals surface area contributed by atoms with Crippen molar-refractivity contribution in [2.75, 3.05) is 0 Å². The van der Waals surface area contributed by atoms with Gasteiger partial charge >= 0.3 is 6.03 Å². The fourth-order valence-corrected chi connectivity index (χ4v) is 1.21. The second kappa shape index (κ2) is 4.69. The zero-order valence-electron chi connectivity index (χ0n) is 7.44. The van der Waals surface area contributed by atoms with Crippen molar-refractivity contribution in [3.63, 3.8) is 0 Å². The Hall–Kier alpha value is -1.70. The van der Waals surface area contributed by atoms with Gasteiger partial charge in [0.05, 0.1) is 6.33 Å². The Bertz CT molecular complexity index is 456. The van der Waals surface area contributed by atoms with Crippen molar-refractivity contribution in [1.29, 1.82) is 0 Å². The summed E-state index contributed by atoms with van der Waals surface area (Å²) < 4.78 is 1.28. The van der Waals surface area contributed by atoms with Crippen LogP contribution in [0.15, 0.2) is 21.8 Å².